The summed E-state index contributed by atoms with van der Waals surface area (Å²) in [5.74, 6) is 0. The van der Waals surface area contributed by atoms with Gasteiger partial charge in [0.2, 0.25) is 0 Å². The highest BCUT2D eigenvalue weighted by atomic mass is 32.2. The first kappa shape index (κ1) is 15.4. The zero-order chi connectivity index (χ0) is 15.5. The van der Waals surface area contributed by atoms with Gasteiger partial charge < -0.3 is 9.80 Å². The molecule has 0 aliphatic carbocycles. The molecule has 2 aromatic carbocycles. The minimum atomic E-state index is 0.610. The Balaban J connectivity index is 1.96. The summed E-state index contributed by atoms with van der Waals surface area (Å²) < 4.78 is 0. The highest BCUT2D eigenvalue weighted by Gasteiger charge is 2.26. The SMILES string of the molecule is CC[NH+](CC)[C@H](C)CN1c2ccccc2Sc2ccccc21. The Morgan fingerprint density at radius 1 is 0.909 bits per heavy atom. The molecule has 0 spiro atoms. The summed E-state index contributed by atoms with van der Waals surface area (Å²) in [6.07, 6.45) is 0. The molecule has 22 heavy (non-hydrogen) atoms. The number of para-hydroxylation sites is 2. The van der Waals surface area contributed by atoms with E-state index in [0.717, 1.165) is 6.54 Å². The van der Waals surface area contributed by atoms with Crippen LogP contribution in [0, 0.1) is 0 Å². The maximum Gasteiger partial charge on any atom is 0.103 e. The van der Waals surface area contributed by atoms with Crippen molar-refractivity contribution < 1.29 is 4.90 Å². The summed E-state index contributed by atoms with van der Waals surface area (Å²) >= 11 is 1.88. The van der Waals surface area contributed by atoms with E-state index in [9.17, 15) is 0 Å². The molecule has 0 saturated carbocycles. The largest absolute Gasteiger partial charge is 0.334 e. The van der Waals surface area contributed by atoms with Crippen molar-refractivity contribution in [3.63, 3.8) is 0 Å². The molecule has 1 N–H and O–H groups in total. The number of fused-ring (bicyclic) bond motifs is 2. The van der Waals surface area contributed by atoms with Crippen molar-refractivity contribution in [2.45, 2.75) is 36.6 Å². The Morgan fingerprint density at radius 2 is 1.41 bits per heavy atom. The second-order valence-electron chi connectivity index (χ2n) is 5.91. The predicted octanol–water partition coefficient (Wildman–Crippen LogP) is 3.60. The lowest BCUT2D eigenvalue weighted by atomic mass is 10.1. The van der Waals surface area contributed by atoms with Crippen LogP contribution in [-0.2, 0) is 0 Å². The van der Waals surface area contributed by atoms with Gasteiger partial charge in [0.25, 0.3) is 0 Å². The third-order valence-corrected chi connectivity index (χ3v) is 5.72. The Morgan fingerprint density at radius 3 is 1.91 bits per heavy atom. The quantitative estimate of drug-likeness (QED) is 0.902. The summed E-state index contributed by atoms with van der Waals surface area (Å²) in [5.41, 5.74) is 2.70. The van der Waals surface area contributed by atoms with E-state index < -0.39 is 0 Å². The van der Waals surface area contributed by atoms with Crippen molar-refractivity contribution in [1.29, 1.82) is 0 Å². The van der Waals surface area contributed by atoms with Gasteiger partial charge in [-0.2, -0.15) is 0 Å². The summed E-state index contributed by atoms with van der Waals surface area (Å²) in [6.45, 7) is 10.4. The van der Waals surface area contributed by atoms with E-state index in [4.69, 9.17) is 0 Å². The topological polar surface area (TPSA) is 7.68 Å². The van der Waals surface area contributed by atoms with E-state index in [0.29, 0.717) is 6.04 Å². The molecule has 116 valence electrons. The van der Waals surface area contributed by atoms with E-state index in [2.05, 4.69) is 74.2 Å². The number of nitrogens with one attached hydrogen (secondary N) is 1. The summed E-state index contributed by atoms with van der Waals surface area (Å²) in [6, 6.07) is 18.2. The monoisotopic (exact) mass is 313 g/mol. The molecule has 1 aliphatic heterocycles. The average molecular weight is 313 g/mol. The number of hydrogen-bond acceptors (Lipinski definition) is 2. The Kier molecular flexibility index (Phi) is 4.74. The fourth-order valence-electron chi connectivity index (χ4n) is 3.33. The lowest BCUT2D eigenvalue weighted by Crippen LogP contribution is -3.15. The predicted molar refractivity (Wildman–Crippen MR) is 95.5 cm³/mol. The van der Waals surface area contributed by atoms with Crippen LogP contribution in [0.2, 0.25) is 0 Å². The molecule has 3 heteroatoms. The van der Waals surface area contributed by atoms with E-state index in [1.165, 1.54) is 34.3 Å². The number of rotatable bonds is 5. The molecule has 2 aromatic rings. The van der Waals surface area contributed by atoms with Crippen molar-refractivity contribution >= 4 is 23.1 Å². The third kappa shape index (κ3) is 2.88. The van der Waals surface area contributed by atoms with Crippen molar-refractivity contribution in [2.75, 3.05) is 24.5 Å². The minimum absolute atomic E-state index is 0.610. The van der Waals surface area contributed by atoms with Crippen LogP contribution in [0.3, 0.4) is 0 Å². The van der Waals surface area contributed by atoms with Crippen LogP contribution in [0.25, 0.3) is 0 Å². The molecule has 0 bridgehead atoms. The fourth-order valence-corrected chi connectivity index (χ4v) is 4.42. The molecular weight excluding hydrogens is 288 g/mol. The minimum Gasteiger partial charge on any atom is -0.334 e. The van der Waals surface area contributed by atoms with E-state index in [1.54, 1.807) is 4.90 Å². The van der Waals surface area contributed by atoms with Gasteiger partial charge in [0.1, 0.15) is 6.04 Å². The van der Waals surface area contributed by atoms with Crippen LogP contribution in [0.5, 0.6) is 0 Å². The first-order valence-electron chi connectivity index (χ1n) is 8.22. The molecule has 0 radical (unpaired) electrons. The van der Waals surface area contributed by atoms with Gasteiger partial charge in [0.15, 0.2) is 0 Å². The second kappa shape index (κ2) is 6.76. The highest BCUT2D eigenvalue weighted by molar-refractivity contribution is 7.99. The Labute approximate surface area is 138 Å². The summed E-state index contributed by atoms with van der Waals surface area (Å²) in [4.78, 5) is 6.90. The molecule has 3 rings (SSSR count). The van der Waals surface area contributed by atoms with Crippen molar-refractivity contribution in [3.05, 3.63) is 48.5 Å². The normalized spacial score (nSPS) is 14.6. The molecule has 0 fully saturated rings. The van der Waals surface area contributed by atoms with Crippen molar-refractivity contribution in [3.8, 4) is 0 Å². The van der Waals surface area contributed by atoms with Crippen LogP contribution in [0.1, 0.15) is 20.8 Å². The maximum atomic E-state index is 2.51. The van der Waals surface area contributed by atoms with Crippen LogP contribution in [0.4, 0.5) is 11.4 Å². The number of quaternary nitrogens is 1. The van der Waals surface area contributed by atoms with Crippen molar-refractivity contribution in [2.24, 2.45) is 0 Å². The Bertz CT molecular complexity index is 591. The molecule has 1 heterocycles. The summed E-state index contributed by atoms with van der Waals surface area (Å²) in [5, 5.41) is 0. The van der Waals surface area contributed by atoms with Gasteiger partial charge in [-0.05, 0) is 45.0 Å². The first-order chi connectivity index (χ1) is 10.7. The smallest absolute Gasteiger partial charge is 0.103 e. The van der Waals surface area contributed by atoms with Crippen LogP contribution in [-0.4, -0.2) is 25.7 Å². The molecule has 0 aromatic heterocycles. The molecule has 0 unspecified atom stereocenters. The summed E-state index contributed by atoms with van der Waals surface area (Å²) in [7, 11) is 0. The zero-order valence-corrected chi connectivity index (χ0v) is 14.5. The number of anilines is 2. The lowest BCUT2D eigenvalue weighted by Gasteiger charge is -2.36. The van der Waals surface area contributed by atoms with Gasteiger partial charge in [-0.1, -0.05) is 36.0 Å². The van der Waals surface area contributed by atoms with Gasteiger partial charge in [0, 0.05) is 9.79 Å². The highest BCUT2D eigenvalue weighted by Crippen LogP contribution is 2.47. The van der Waals surface area contributed by atoms with Crippen molar-refractivity contribution in [1.82, 2.24) is 0 Å². The second-order valence-corrected chi connectivity index (χ2v) is 7.00. The Hall–Kier alpha value is -1.45. The molecule has 0 saturated heterocycles. The molecule has 2 nitrogen and oxygen atoms in total. The third-order valence-electron chi connectivity index (χ3n) is 4.59. The zero-order valence-electron chi connectivity index (χ0n) is 13.7. The van der Waals surface area contributed by atoms with E-state index in [1.807, 2.05) is 11.8 Å². The van der Waals surface area contributed by atoms with Gasteiger partial charge in [0.05, 0.1) is 31.0 Å². The van der Waals surface area contributed by atoms with E-state index >= 15 is 0 Å². The van der Waals surface area contributed by atoms with Crippen LogP contribution < -0.4 is 9.80 Å². The van der Waals surface area contributed by atoms with Gasteiger partial charge in [-0.15, -0.1) is 0 Å². The number of nitrogens with zero attached hydrogens (tertiary/aromatic N) is 1. The fraction of sp³-hybridized carbons (Fsp3) is 0.368. The number of hydrogen-bond donors (Lipinski definition) is 1. The average Bonchev–Trinajstić information content (AvgIpc) is 2.55. The maximum absolute atomic E-state index is 2.51. The molecule has 1 aliphatic rings. The van der Waals surface area contributed by atoms with Crippen LogP contribution >= 0.6 is 11.8 Å². The van der Waals surface area contributed by atoms with Gasteiger partial charge >= 0.3 is 0 Å². The lowest BCUT2D eigenvalue weighted by molar-refractivity contribution is -0.918. The van der Waals surface area contributed by atoms with Crippen LogP contribution in [0.15, 0.2) is 58.3 Å². The number of benzene rings is 2. The molecule has 0 amide bonds. The first-order valence-corrected chi connectivity index (χ1v) is 9.04. The van der Waals surface area contributed by atoms with Gasteiger partial charge in [-0.3, -0.25) is 0 Å². The number of likely N-dealkylation sites (N-methyl/N-ethyl adjacent to an activating group) is 1. The van der Waals surface area contributed by atoms with E-state index in [-0.39, 0.29) is 0 Å². The molecular formula is C19H25N2S+. The standard InChI is InChI=1S/C19H24N2S/c1-4-20(5-2)15(3)14-21-16-10-6-8-12-18(16)22-19-13-9-7-11-17(19)21/h6-13,15H,4-5,14H2,1-3H3/p+1/t15-/m1/s1. The van der Waals surface area contributed by atoms with Gasteiger partial charge in [-0.25, -0.2) is 0 Å². The molecule has 1 atom stereocenters.